The van der Waals surface area contributed by atoms with Gasteiger partial charge in [0, 0.05) is 12.5 Å². The van der Waals surface area contributed by atoms with Gasteiger partial charge in [-0.1, -0.05) is 19.0 Å². The lowest BCUT2D eigenvalue weighted by Crippen LogP contribution is -2.31. The van der Waals surface area contributed by atoms with Gasteiger partial charge in [-0.25, -0.2) is 4.79 Å². The smallest absolute Gasteiger partial charge is 0.322 e. The minimum atomic E-state index is -0.638. The van der Waals surface area contributed by atoms with Crippen molar-refractivity contribution in [2.45, 2.75) is 45.7 Å². The Balaban J connectivity index is 1.70. The summed E-state index contributed by atoms with van der Waals surface area (Å²) in [6, 6.07) is 0.668. The maximum absolute atomic E-state index is 11.7. The number of nitrogens with one attached hydrogen (secondary N) is 3. The first-order chi connectivity index (χ1) is 10.4. The molecular weight excluding hydrogens is 288 g/mol. The SMILES string of the molecule is CC(C)Cc1cc(CNC(=O)CC[C@@H]2NC(=O)NC2=O)on1. The summed E-state index contributed by atoms with van der Waals surface area (Å²) in [6.07, 6.45) is 1.23. The van der Waals surface area contributed by atoms with Gasteiger partial charge in [-0.15, -0.1) is 0 Å². The third-order valence-corrected chi connectivity index (χ3v) is 3.20. The summed E-state index contributed by atoms with van der Waals surface area (Å²) >= 11 is 0. The molecule has 1 aromatic heterocycles. The fourth-order valence-electron chi connectivity index (χ4n) is 2.17. The summed E-state index contributed by atoms with van der Waals surface area (Å²) in [5, 5.41) is 11.2. The highest BCUT2D eigenvalue weighted by Gasteiger charge is 2.29. The predicted molar refractivity (Wildman–Crippen MR) is 76.6 cm³/mol. The van der Waals surface area contributed by atoms with Crippen molar-refractivity contribution in [1.82, 2.24) is 21.1 Å². The minimum absolute atomic E-state index is 0.144. The minimum Gasteiger partial charge on any atom is -0.359 e. The van der Waals surface area contributed by atoms with Gasteiger partial charge in [0.1, 0.15) is 6.04 Å². The first-order valence-corrected chi connectivity index (χ1v) is 7.26. The molecule has 3 N–H and O–H groups in total. The Hall–Kier alpha value is -2.38. The lowest BCUT2D eigenvalue weighted by molar-refractivity contribution is -0.122. The van der Waals surface area contributed by atoms with E-state index in [-0.39, 0.29) is 25.3 Å². The third-order valence-electron chi connectivity index (χ3n) is 3.20. The molecule has 0 radical (unpaired) electrons. The zero-order valence-electron chi connectivity index (χ0n) is 12.6. The van der Waals surface area contributed by atoms with E-state index in [0.717, 1.165) is 12.1 Å². The lowest BCUT2D eigenvalue weighted by atomic mass is 10.1. The molecule has 0 spiro atoms. The molecule has 2 heterocycles. The van der Waals surface area contributed by atoms with Crippen LogP contribution in [-0.2, 0) is 22.6 Å². The number of nitrogens with zero attached hydrogens (tertiary/aromatic N) is 1. The molecule has 22 heavy (non-hydrogen) atoms. The summed E-state index contributed by atoms with van der Waals surface area (Å²) in [6.45, 7) is 4.44. The van der Waals surface area contributed by atoms with Crippen molar-refractivity contribution in [1.29, 1.82) is 0 Å². The van der Waals surface area contributed by atoms with Crippen LogP contribution >= 0.6 is 0 Å². The number of amides is 4. The van der Waals surface area contributed by atoms with Gasteiger partial charge < -0.3 is 15.2 Å². The van der Waals surface area contributed by atoms with Crippen LogP contribution in [0.3, 0.4) is 0 Å². The fourth-order valence-corrected chi connectivity index (χ4v) is 2.17. The van der Waals surface area contributed by atoms with Crippen LogP contribution in [0.15, 0.2) is 10.6 Å². The van der Waals surface area contributed by atoms with Crippen LogP contribution in [0.25, 0.3) is 0 Å². The molecule has 1 aliphatic heterocycles. The van der Waals surface area contributed by atoms with Crippen molar-refractivity contribution in [2.75, 3.05) is 0 Å². The molecule has 0 aliphatic carbocycles. The predicted octanol–water partition coefficient (Wildman–Crippen LogP) is 0.478. The van der Waals surface area contributed by atoms with Crippen LogP contribution in [0.4, 0.5) is 4.79 Å². The summed E-state index contributed by atoms with van der Waals surface area (Å²) in [4.78, 5) is 34.0. The normalized spacial score (nSPS) is 17.5. The number of aromatic nitrogens is 1. The highest BCUT2D eigenvalue weighted by atomic mass is 16.5. The molecule has 1 fully saturated rings. The summed E-state index contributed by atoms with van der Waals surface area (Å²) in [7, 11) is 0. The maximum Gasteiger partial charge on any atom is 0.322 e. The highest BCUT2D eigenvalue weighted by Crippen LogP contribution is 2.09. The quantitative estimate of drug-likeness (QED) is 0.634. The summed E-state index contributed by atoms with van der Waals surface area (Å²) < 4.78 is 5.14. The second kappa shape index (κ2) is 7.06. The Bertz CT molecular complexity index is 567. The van der Waals surface area contributed by atoms with Crippen molar-refractivity contribution in [3.05, 3.63) is 17.5 Å². The molecule has 1 saturated heterocycles. The van der Waals surface area contributed by atoms with E-state index in [9.17, 15) is 14.4 Å². The molecule has 0 aromatic carbocycles. The Morgan fingerprint density at radius 2 is 2.23 bits per heavy atom. The van der Waals surface area contributed by atoms with Crippen LogP contribution in [0.2, 0.25) is 0 Å². The molecule has 0 bridgehead atoms. The second-order valence-electron chi connectivity index (χ2n) is 5.71. The molecule has 1 aromatic rings. The Morgan fingerprint density at radius 3 is 2.86 bits per heavy atom. The fraction of sp³-hybridized carbons (Fsp3) is 0.571. The van der Waals surface area contributed by atoms with Gasteiger partial charge in [-0.2, -0.15) is 0 Å². The Kier molecular flexibility index (Phi) is 5.13. The molecule has 2 rings (SSSR count). The topological polar surface area (TPSA) is 113 Å². The van der Waals surface area contributed by atoms with Gasteiger partial charge in [0.05, 0.1) is 12.2 Å². The van der Waals surface area contributed by atoms with E-state index in [1.54, 1.807) is 0 Å². The van der Waals surface area contributed by atoms with E-state index in [1.807, 2.05) is 6.07 Å². The van der Waals surface area contributed by atoms with Gasteiger partial charge in [0.25, 0.3) is 5.91 Å². The Morgan fingerprint density at radius 1 is 1.45 bits per heavy atom. The highest BCUT2D eigenvalue weighted by molar-refractivity contribution is 6.04. The zero-order valence-corrected chi connectivity index (χ0v) is 12.6. The molecule has 0 unspecified atom stereocenters. The van der Waals surface area contributed by atoms with Gasteiger partial charge in [-0.05, 0) is 18.8 Å². The van der Waals surface area contributed by atoms with E-state index in [1.165, 1.54) is 0 Å². The molecule has 4 amide bonds. The number of hydrogen-bond acceptors (Lipinski definition) is 5. The van der Waals surface area contributed by atoms with E-state index in [0.29, 0.717) is 11.7 Å². The molecule has 8 heteroatoms. The Labute approximate surface area is 128 Å². The lowest BCUT2D eigenvalue weighted by Gasteiger charge is -2.06. The molecule has 0 saturated carbocycles. The van der Waals surface area contributed by atoms with Crippen LogP contribution in [0, 0.1) is 5.92 Å². The molecule has 120 valence electrons. The van der Waals surface area contributed by atoms with Gasteiger partial charge >= 0.3 is 6.03 Å². The zero-order chi connectivity index (χ0) is 16.1. The van der Waals surface area contributed by atoms with E-state index in [2.05, 4.69) is 35.0 Å². The summed E-state index contributed by atoms with van der Waals surface area (Å²) in [5.41, 5.74) is 0.865. The van der Waals surface area contributed by atoms with Crippen molar-refractivity contribution in [3.8, 4) is 0 Å². The average Bonchev–Trinajstić information content (AvgIpc) is 3.00. The van der Waals surface area contributed by atoms with Gasteiger partial charge in [0.2, 0.25) is 5.91 Å². The van der Waals surface area contributed by atoms with E-state index >= 15 is 0 Å². The van der Waals surface area contributed by atoms with Gasteiger partial charge in [0.15, 0.2) is 5.76 Å². The standard InChI is InChI=1S/C14H20N4O4/c1-8(2)5-9-6-10(22-18-9)7-15-12(19)4-3-11-13(20)17-14(21)16-11/h6,8,11H,3-5,7H2,1-2H3,(H,15,19)(H2,16,17,20,21)/t11-/m0/s1. The van der Waals surface area contributed by atoms with Crippen molar-refractivity contribution in [2.24, 2.45) is 5.92 Å². The molecule has 1 atom stereocenters. The van der Waals surface area contributed by atoms with E-state index < -0.39 is 18.0 Å². The number of rotatable bonds is 7. The van der Waals surface area contributed by atoms with Crippen LogP contribution < -0.4 is 16.0 Å². The third kappa shape index (κ3) is 4.57. The monoisotopic (exact) mass is 308 g/mol. The summed E-state index contributed by atoms with van der Waals surface area (Å²) in [5.74, 6) is 0.471. The van der Waals surface area contributed by atoms with Crippen LogP contribution in [-0.4, -0.2) is 29.0 Å². The molecular formula is C14H20N4O4. The second-order valence-corrected chi connectivity index (χ2v) is 5.71. The molecule has 1 aliphatic rings. The number of urea groups is 1. The van der Waals surface area contributed by atoms with Crippen LogP contribution in [0.5, 0.6) is 0 Å². The largest absolute Gasteiger partial charge is 0.359 e. The van der Waals surface area contributed by atoms with Crippen LogP contribution in [0.1, 0.15) is 38.1 Å². The maximum atomic E-state index is 11.7. The molecule has 8 nitrogen and oxygen atoms in total. The average molecular weight is 308 g/mol. The first kappa shape index (κ1) is 16.0. The number of hydrogen-bond donors (Lipinski definition) is 3. The first-order valence-electron chi connectivity index (χ1n) is 7.26. The van der Waals surface area contributed by atoms with Crippen molar-refractivity contribution < 1.29 is 18.9 Å². The van der Waals surface area contributed by atoms with Crippen molar-refractivity contribution in [3.63, 3.8) is 0 Å². The van der Waals surface area contributed by atoms with Crippen molar-refractivity contribution >= 4 is 17.8 Å². The number of imide groups is 1. The van der Waals surface area contributed by atoms with E-state index in [4.69, 9.17) is 4.52 Å². The number of carbonyl (C=O) groups is 3. The number of carbonyl (C=O) groups excluding carboxylic acids is 3. The van der Waals surface area contributed by atoms with Gasteiger partial charge in [-0.3, -0.25) is 14.9 Å².